The van der Waals surface area contributed by atoms with E-state index in [1.54, 1.807) is 0 Å². The van der Waals surface area contributed by atoms with E-state index in [1.807, 2.05) is 59.5 Å². The number of fused-ring (bicyclic) bond motifs is 1. The minimum absolute atomic E-state index is 0.508. The third-order valence-corrected chi connectivity index (χ3v) is 3.33. The largest absolute Gasteiger partial charge is 0.386 e. The van der Waals surface area contributed by atoms with Crippen LogP contribution < -0.4 is 4.90 Å². The smallest absolute Gasteiger partial charge is 0.271 e. The molecule has 0 spiro atoms. The van der Waals surface area contributed by atoms with Crippen LogP contribution in [0.25, 0.3) is 0 Å². The molecule has 0 unspecified atom stereocenters. The van der Waals surface area contributed by atoms with Crippen LogP contribution in [-0.4, -0.2) is 23.3 Å². The van der Waals surface area contributed by atoms with Gasteiger partial charge in [0.15, 0.2) is 0 Å². The van der Waals surface area contributed by atoms with Crippen molar-refractivity contribution in [3.63, 3.8) is 0 Å². The van der Waals surface area contributed by atoms with Gasteiger partial charge in [0.05, 0.1) is 17.1 Å². The highest BCUT2D eigenvalue weighted by Crippen LogP contribution is 2.39. The van der Waals surface area contributed by atoms with Gasteiger partial charge in [-0.3, -0.25) is 4.79 Å². The number of aliphatic hydroxyl groups is 1. The zero-order valence-corrected chi connectivity index (χ0v) is 11.4. The third kappa shape index (κ3) is 2.26. The Hall–Kier alpha value is -2.72. The van der Waals surface area contributed by atoms with Crippen molar-refractivity contribution in [3.8, 4) is 0 Å². The fourth-order valence-corrected chi connectivity index (χ4v) is 2.43. The molecule has 2 aromatic rings. The minimum Gasteiger partial charge on any atom is -0.386 e. The van der Waals surface area contributed by atoms with Gasteiger partial charge in [0.25, 0.3) is 5.91 Å². The van der Waals surface area contributed by atoms with Crippen molar-refractivity contribution >= 4 is 23.0 Å². The average molecular weight is 278 g/mol. The monoisotopic (exact) mass is 278 g/mol. The summed E-state index contributed by atoms with van der Waals surface area (Å²) in [6, 6.07) is 17.4. The van der Waals surface area contributed by atoms with Gasteiger partial charge in [-0.2, -0.15) is 0 Å². The third-order valence-electron chi connectivity index (χ3n) is 3.33. The van der Waals surface area contributed by atoms with Crippen LogP contribution in [0, 0.1) is 0 Å². The maximum Gasteiger partial charge on any atom is 0.271 e. The Kier molecular flexibility index (Phi) is 3.38. The molecule has 2 aromatic carbocycles. The van der Waals surface area contributed by atoms with Crippen molar-refractivity contribution < 1.29 is 9.90 Å². The van der Waals surface area contributed by atoms with Crippen LogP contribution in [0.5, 0.6) is 0 Å². The summed E-state index contributed by atoms with van der Waals surface area (Å²) < 4.78 is 0. The topological polar surface area (TPSA) is 52.9 Å². The number of hydrogen-bond acceptors (Lipinski definition) is 3. The Morgan fingerprint density at radius 2 is 1.76 bits per heavy atom. The zero-order chi connectivity index (χ0) is 14.8. The Morgan fingerprint density at radius 3 is 2.48 bits per heavy atom. The Labute approximate surface area is 122 Å². The van der Waals surface area contributed by atoms with E-state index < -0.39 is 12.5 Å². The first-order valence-corrected chi connectivity index (χ1v) is 6.58. The highest BCUT2D eigenvalue weighted by Gasteiger charge is 2.30. The first-order chi connectivity index (χ1) is 10.2. The van der Waals surface area contributed by atoms with Gasteiger partial charge in [0, 0.05) is 11.3 Å². The highest BCUT2D eigenvalue weighted by atomic mass is 16.3. The molecule has 1 heterocycles. The number of aliphatic imine (C=N–C) groups is 1. The molecule has 3 rings (SSSR count). The first-order valence-electron chi connectivity index (χ1n) is 6.58. The standard InChI is InChI=1S/C17H14N2O2/c1-12-17(18-16(21)11-20)14-9-5-6-10-15(14)19(12)13-7-3-2-4-8-13/h2-10,20H,1,11H2/b18-17-. The molecular weight excluding hydrogens is 264 g/mol. The lowest BCUT2D eigenvalue weighted by Crippen LogP contribution is -2.15. The molecule has 1 amide bonds. The molecule has 4 heteroatoms. The van der Waals surface area contributed by atoms with E-state index in [9.17, 15) is 4.79 Å². The van der Waals surface area contributed by atoms with E-state index >= 15 is 0 Å². The summed E-state index contributed by atoms with van der Waals surface area (Å²) in [4.78, 5) is 17.4. The predicted octanol–water partition coefficient (Wildman–Crippen LogP) is 2.66. The second kappa shape index (κ2) is 5.34. The van der Waals surface area contributed by atoms with Crippen LogP contribution >= 0.6 is 0 Å². The number of carbonyl (C=O) groups excluding carboxylic acids is 1. The van der Waals surface area contributed by atoms with Gasteiger partial charge in [-0.15, -0.1) is 0 Å². The number of anilines is 2. The highest BCUT2D eigenvalue weighted by molar-refractivity contribution is 6.25. The van der Waals surface area contributed by atoms with Crippen molar-refractivity contribution in [2.75, 3.05) is 11.5 Å². The second-order valence-electron chi connectivity index (χ2n) is 4.65. The van der Waals surface area contributed by atoms with E-state index in [-0.39, 0.29) is 0 Å². The molecule has 1 N–H and O–H groups in total. The van der Waals surface area contributed by atoms with Crippen LogP contribution in [-0.2, 0) is 4.79 Å². The Bertz CT molecular complexity index is 735. The van der Waals surface area contributed by atoms with Crippen molar-refractivity contribution in [1.82, 2.24) is 0 Å². The lowest BCUT2D eigenvalue weighted by molar-refractivity contribution is -0.120. The lowest BCUT2D eigenvalue weighted by atomic mass is 10.1. The Balaban J connectivity index is 2.15. The van der Waals surface area contributed by atoms with Crippen molar-refractivity contribution in [1.29, 1.82) is 0 Å². The molecule has 0 saturated carbocycles. The number of amides is 1. The molecule has 0 radical (unpaired) electrons. The van der Waals surface area contributed by atoms with Crippen molar-refractivity contribution in [2.24, 2.45) is 4.99 Å². The number of hydrogen-bond donors (Lipinski definition) is 1. The van der Waals surface area contributed by atoms with Gasteiger partial charge in [0.1, 0.15) is 6.61 Å². The number of allylic oxidation sites excluding steroid dienone is 1. The Morgan fingerprint density at radius 1 is 1.10 bits per heavy atom. The zero-order valence-electron chi connectivity index (χ0n) is 11.4. The molecule has 0 aliphatic carbocycles. The maximum atomic E-state index is 11.5. The molecule has 0 fully saturated rings. The molecule has 0 aromatic heterocycles. The van der Waals surface area contributed by atoms with Gasteiger partial charge in [0.2, 0.25) is 0 Å². The summed E-state index contributed by atoms with van der Waals surface area (Å²) in [6.45, 7) is 3.45. The number of para-hydroxylation sites is 2. The number of aliphatic hydroxyl groups excluding tert-OH is 1. The second-order valence-corrected chi connectivity index (χ2v) is 4.65. The van der Waals surface area contributed by atoms with Gasteiger partial charge >= 0.3 is 0 Å². The molecular formula is C17H14N2O2. The number of rotatable bonds is 2. The first kappa shape index (κ1) is 13.3. The lowest BCUT2D eigenvalue weighted by Gasteiger charge is -2.20. The molecule has 0 bridgehead atoms. The maximum absolute atomic E-state index is 11.5. The molecule has 21 heavy (non-hydrogen) atoms. The van der Waals surface area contributed by atoms with E-state index in [1.165, 1.54) is 0 Å². The van der Waals surface area contributed by atoms with E-state index in [4.69, 9.17) is 5.11 Å². The van der Waals surface area contributed by atoms with Gasteiger partial charge in [-0.05, 0) is 18.2 Å². The predicted molar refractivity (Wildman–Crippen MR) is 82.8 cm³/mol. The van der Waals surface area contributed by atoms with Gasteiger partial charge in [-0.1, -0.05) is 43.0 Å². The molecule has 1 aliphatic heterocycles. The summed E-state index contributed by atoms with van der Waals surface area (Å²) in [5.74, 6) is -0.573. The summed E-state index contributed by atoms with van der Waals surface area (Å²) in [5, 5.41) is 8.91. The fraction of sp³-hybridized carbons (Fsp3) is 0.0588. The molecule has 0 atom stereocenters. The molecule has 104 valence electrons. The summed E-state index contributed by atoms with van der Waals surface area (Å²) in [6.07, 6.45) is 0. The van der Waals surface area contributed by atoms with Gasteiger partial charge < -0.3 is 10.0 Å². The van der Waals surface area contributed by atoms with Crippen LogP contribution in [0.4, 0.5) is 11.4 Å². The normalized spacial score (nSPS) is 15.4. The fourth-order valence-electron chi connectivity index (χ4n) is 2.43. The van der Waals surface area contributed by atoms with E-state index in [2.05, 4.69) is 11.6 Å². The summed E-state index contributed by atoms with van der Waals surface area (Å²) >= 11 is 0. The van der Waals surface area contributed by atoms with Crippen LogP contribution in [0.15, 0.2) is 71.9 Å². The van der Waals surface area contributed by atoms with Crippen LogP contribution in [0.3, 0.4) is 0 Å². The molecule has 1 aliphatic rings. The molecule has 4 nitrogen and oxygen atoms in total. The average Bonchev–Trinajstić information content (AvgIpc) is 2.80. The van der Waals surface area contributed by atoms with Crippen LogP contribution in [0.2, 0.25) is 0 Å². The number of nitrogens with zero attached hydrogens (tertiary/aromatic N) is 2. The quantitative estimate of drug-likeness (QED) is 0.918. The summed E-state index contributed by atoms with van der Waals surface area (Å²) in [7, 11) is 0. The van der Waals surface area contributed by atoms with E-state index in [0.717, 1.165) is 16.9 Å². The van der Waals surface area contributed by atoms with Crippen molar-refractivity contribution in [3.05, 3.63) is 72.4 Å². The number of benzene rings is 2. The molecule has 0 saturated heterocycles. The number of carbonyl (C=O) groups is 1. The van der Waals surface area contributed by atoms with E-state index in [0.29, 0.717) is 11.4 Å². The minimum atomic E-state index is -0.607. The van der Waals surface area contributed by atoms with Crippen molar-refractivity contribution in [2.45, 2.75) is 0 Å². The summed E-state index contributed by atoms with van der Waals surface area (Å²) in [5.41, 5.74) is 3.86. The van der Waals surface area contributed by atoms with Crippen LogP contribution in [0.1, 0.15) is 5.56 Å². The van der Waals surface area contributed by atoms with Gasteiger partial charge in [-0.25, -0.2) is 4.99 Å². The SMILES string of the molecule is C=C1/C(=N/C(=O)CO)c2ccccc2N1c1ccccc1.